The Morgan fingerprint density at radius 3 is 2.38 bits per heavy atom. The van der Waals surface area contributed by atoms with Gasteiger partial charge in [0.2, 0.25) is 0 Å². The highest BCUT2D eigenvalue weighted by Crippen LogP contribution is 2.75. The van der Waals surface area contributed by atoms with Gasteiger partial charge in [-0.1, -0.05) is 60.1 Å². The van der Waals surface area contributed by atoms with Gasteiger partial charge in [-0.05, 0) is 116 Å². The largest absolute Gasteiger partial charge is 0.382 e. The summed E-state index contributed by atoms with van der Waals surface area (Å²) in [6.07, 6.45) is 17.0. The molecule has 0 bridgehead atoms. The molecule has 2 aromatic heterocycles. The van der Waals surface area contributed by atoms with E-state index in [4.69, 9.17) is 5.73 Å². The maximum absolute atomic E-state index is 13.5. The van der Waals surface area contributed by atoms with E-state index in [0.717, 1.165) is 44.5 Å². The van der Waals surface area contributed by atoms with Crippen molar-refractivity contribution in [1.82, 2.24) is 20.4 Å². The van der Waals surface area contributed by atoms with Crippen LogP contribution >= 0.6 is 0 Å². The van der Waals surface area contributed by atoms with Gasteiger partial charge in [-0.25, -0.2) is 0 Å². The number of hydrogen-bond acceptors (Lipinski definition) is 4. The zero-order chi connectivity index (χ0) is 31.8. The van der Waals surface area contributed by atoms with Gasteiger partial charge in [0.05, 0.1) is 5.69 Å². The Kier molecular flexibility index (Phi) is 6.21. The normalized spacial score (nSPS) is 41.6. The second kappa shape index (κ2) is 9.34. The fraction of sp³-hybridized carbons (Fsp3) is 0.789. The molecule has 0 amide bonds. The lowest BCUT2D eigenvalue weighted by Crippen LogP contribution is -2.64. The van der Waals surface area contributed by atoms with E-state index in [1.807, 2.05) is 0 Å². The average Bonchev–Trinajstić information content (AvgIpc) is 3.56. The Bertz CT molecular complexity index is 1600. The lowest BCUT2D eigenvalue weighted by atomic mass is 9.33. The molecule has 45 heavy (non-hydrogen) atoms. The summed E-state index contributed by atoms with van der Waals surface area (Å²) in [5, 5.41) is 14.6. The third-order valence-electron chi connectivity index (χ3n) is 15.8. The highest BCUT2D eigenvalue weighted by molar-refractivity contribution is 5.55. The number of anilines is 2. The lowest BCUT2D eigenvalue weighted by Gasteiger charge is -2.71. The van der Waals surface area contributed by atoms with Crippen LogP contribution in [0.2, 0.25) is 0 Å². The van der Waals surface area contributed by atoms with Crippen LogP contribution in [-0.4, -0.2) is 33.5 Å². The first-order valence-electron chi connectivity index (χ1n) is 18.3. The highest BCUT2D eigenvalue weighted by Gasteiger charge is 2.69. The van der Waals surface area contributed by atoms with Gasteiger partial charge in [-0.15, -0.1) is 0 Å². The molecule has 1 saturated heterocycles. The Morgan fingerprint density at radius 1 is 0.889 bits per heavy atom. The molecule has 3 heterocycles. The molecule has 7 atom stereocenters. The van der Waals surface area contributed by atoms with Crippen molar-refractivity contribution in [3.63, 3.8) is 0 Å². The highest BCUT2D eigenvalue weighted by atomic mass is 16.1. The zero-order valence-electron chi connectivity index (χ0n) is 29.1. The molecule has 5 aliphatic carbocycles. The van der Waals surface area contributed by atoms with Gasteiger partial charge in [0.15, 0.2) is 0 Å². The minimum atomic E-state index is -0.00984. The molecule has 1 aliphatic heterocycles. The number of piperidine rings is 1. The zero-order valence-corrected chi connectivity index (χ0v) is 29.1. The number of nitrogens with two attached hydrogens (primary N) is 1. The van der Waals surface area contributed by atoms with Crippen molar-refractivity contribution in [2.75, 3.05) is 23.7 Å². The van der Waals surface area contributed by atoms with E-state index in [2.05, 4.69) is 79.8 Å². The summed E-state index contributed by atoms with van der Waals surface area (Å²) in [6, 6.07) is 0. The molecule has 4 fully saturated rings. The van der Waals surface area contributed by atoms with Crippen molar-refractivity contribution in [3.8, 4) is 0 Å². The van der Waals surface area contributed by atoms with Crippen LogP contribution in [0.1, 0.15) is 136 Å². The molecule has 3 unspecified atom stereocenters. The van der Waals surface area contributed by atoms with Gasteiger partial charge in [-0.3, -0.25) is 20.1 Å². The summed E-state index contributed by atoms with van der Waals surface area (Å²) >= 11 is 0. The van der Waals surface area contributed by atoms with E-state index in [9.17, 15) is 4.79 Å². The Labute approximate surface area is 269 Å². The fourth-order valence-corrected chi connectivity index (χ4v) is 13.3. The SMILES string of the molecule is CC1(C)CC[C@]2(c3[nH][nH]c(=O)c3N3CCCCC3)CC[C@]3(C)C(=CCC4[C@@]5(C)Cc6c(N)n[nH]c6C(C)(C)C5CC[C@]43C)C2C1. The monoisotopic (exact) mass is 614 g/mol. The number of aromatic nitrogens is 4. The van der Waals surface area contributed by atoms with Crippen LogP contribution in [-0.2, 0) is 17.3 Å². The van der Waals surface area contributed by atoms with Crippen LogP contribution in [0.15, 0.2) is 16.4 Å². The first-order chi connectivity index (χ1) is 21.2. The molecule has 6 aliphatic rings. The van der Waals surface area contributed by atoms with E-state index in [-0.39, 0.29) is 32.6 Å². The summed E-state index contributed by atoms with van der Waals surface area (Å²) in [4.78, 5) is 15.9. The van der Waals surface area contributed by atoms with Gasteiger partial charge in [0.1, 0.15) is 11.5 Å². The van der Waals surface area contributed by atoms with E-state index in [1.54, 1.807) is 5.57 Å². The number of nitrogen functional groups attached to an aromatic ring is 1. The van der Waals surface area contributed by atoms with Gasteiger partial charge in [0, 0.05) is 35.2 Å². The molecule has 0 aromatic carbocycles. The van der Waals surface area contributed by atoms with E-state index < -0.39 is 0 Å². The maximum atomic E-state index is 13.5. The minimum Gasteiger partial charge on any atom is -0.382 e. The van der Waals surface area contributed by atoms with Crippen LogP contribution < -0.4 is 16.2 Å². The quantitative estimate of drug-likeness (QED) is 0.259. The summed E-state index contributed by atoms with van der Waals surface area (Å²) in [5.74, 6) is 2.36. The van der Waals surface area contributed by atoms with Crippen molar-refractivity contribution >= 4 is 11.5 Å². The van der Waals surface area contributed by atoms with Crippen molar-refractivity contribution in [1.29, 1.82) is 0 Å². The molecule has 0 spiro atoms. The van der Waals surface area contributed by atoms with Crippen LogP contribution in [0.3, 0.4) is 0 Å². The summed E-state index contributed by atoms with van der Waals surface area (Å²) in [6.45, 7) is 19.8. The first-order valence-corrected chi connectivity index (χ1v) is 18.3. The molecule has 8 rings (SSSR count). The van der Waals surface area contributed by atoms with Gasteiger partial charge >= 0.3 is 0 Å². The molecule has 246 valence electrons. The molecule has 5 N–H and O–H groups in total. The predicted molar refractivity (Wildman–Crippen MR) is 182 cm³/mol. The number of rotatable bonds is 2. The Balaban J connectivity index is 1.24. The molecule has 2 aromatic rings. The summed E-state index contributed by atoms with van der Waals surface area (Å²) < 4.78 is 0. The number of hydrogen-bond donors (Lipinski definition) is 4. The second-order valence-electron chi connectivity index (χ2n) is 18.6. The maximum Gasteiger partial charge on any atom is 0.287 e. The number of nitrogens with one attached hydrogen (secondary N) is 3. The molecule has 0 radical (unpaired) electrons. The van der Waals surface area contributed by atoms with Crippen molar-refractivity contribution in [3.05, 3.63) is 39.0 Å². The van der Waals surface area contributed by atoms with Crippen molar-refractivity contribution < 1.29 is 0 Å². The Morgan fingerprint density at radius 2 is 1.62 bits per heavy atom. The third kappa shape index (κ3) is 3.76. The fourth-order valence-electron chi connectivity index (χ4n) is 13.3. The van der Waals surface area contributed by atoms with Crippen LogP contribution in [0.25, 0.3) is 0 Å². The molecular weight excluding hydrogens is 556 g/mol. The van der Waals surface area contributed by atoms with Crippen LogP contribution in [0.4, 0.5) is 11.5 Å². The summed E-state index contributed by atoms with van der Waals surface area (Å²) in [7, 11) is 0. The van der Waals surface area contributed by atoms with Crippen molar-refractivity contribution in [2.24, 2.45) is 39.4 Å². The van der Waals surface area contributed by atoms with Crippen molar-refractivity contribution in [2.45, 2.75) is 136 Å². The number of aromatic amines is 3. The molecular formula is C38H58N6O. The predicted octanol–water partition coefficient (Wildman–Crippen LogP) is 7.77. The molecule has 7 heteroatoms. The van der Waals surface area contributed by atoms with Gasteiger partial charge < -0.3 is 10.6 Å². The average molecular weight is 615 g/mol. The number of nitrogens with zero attached hydrogens (tertiary/aromatic N) is 2. The lowest BCUT2D eigenvalue weighted by molar-refractivity contribution is -0.154. The standard InChI is InChI=1S/C38H58N6O/c1-33(2)15-17-38(30-28(32(45)43-41-30)44-19-9-8-10-20-44)18-16-36(6)24(25(38)22-33)11-12-27-35(5)21-23-29(40-42-31(23)39)34(3,4)26(35)13-14-37(27,36)7/h11,25-27H,8-10,12-22H2,1-7H3,(H3,39,40,42)(H2,41,43,45)/t25?,26?,27?,35-,36+,37+,38-/m0/s1. The smallest absolute Gasteiger partial charge is 0.287 e. The van der Waals surface area contributed by atoms with E-state index >= 15 is 0 Å². The van der Waals surface area contributed by atoms with Crippen LogP contribution in [0, 0.1) is 39.4 Å². The number of allylic oxidation sites excluding steroid dienone is 2. The van der Waals surface area contributed by atoms with Gasteiger partial charge in [0.25, 0.3) is 5.56 Å². The number of H-pyrrole nitrogens is 3. The Hall–Kier alpha value is -2.44. The number of fused-ring (bicyclic) bond motifs is 8. The third-order valence-corrected chi connectivity index (χ3v) is 15.8. The molecule has 7 nitrogen and oxygen atoms in total. The first kappa shape index (κ1) is 29.9. The summed E-state index contributed by atoms with van der Waals surface area (Å²) in [5.41, 5.74) is 14.0. The van der Waals surface area contributed by atoms with E-state index in [0.29, 0.717) is 29.0 Å². The minimum absolute atomic E-state index is 0.00984. The molecule has 3 saturated carbocycles. The van der Waals surface area contributed by atoms with E-state index in [1.165, 1.54) is 68.3 Å². The van der Waals surface area contributed by atoms with Crippen LogP contribution in [0.5, 0.6) is 0 Å². The second-order valence-corrected chi connectivity index (χ2v) is 18.6. The van der Waals surface area contributed by atoms with Gasteiger partial charge in [-0.2, -0.15) is 5.10 Å². The topological polar surface area (TPSA) is 107 Å².